The molecule has 5 heteroatoms. The maximum atomic E-state index is 12.0. The van der Waals surface area contributed by atoms with Gasteiger partial charge in [0.05, 0.1) is 6.33 Å². The van der Waals surface area contributed by atoms with Crippen LogP contribution in [0.15, 0.2) is 18.7 Å². The van der Waals surface area contributed by atoms with Gasteiger partial charge in [-0.1, -0.05) is 6.42 Å². The first-order valence-corrected chi connectivity index (χ1v) is 6.25. The highest BCUT2D eigenvalue weighted by Gasteiger charge is 2.31. The second kappa shape index (κ2) is 5.82. The quantitative estimate of drug-likeness (QED) is 0.776. The molecule has 1 aromatic heterocycles. The fraction of sp³-hybridized carbons (Fsp3) is 0.667. The van der Waals surface area contributed by atoms with Crippen molar-refractivity contribution in [1.29, 1.82) is 0 Å². The molecule has 0 aliphatic heterocycles. The number of hydrogen-bond acceptors (Lipinski definition) is 3. The van der Waals surface area contributed by atoms with Crippen LogP contribution in [0.3, 0.4) is 0 Å². The highest BCUT2D eigenvalue weighted by atomic mass is 16.1. The molecule has 94 valence electrons. The fourth-order valence-corrected chi connectivity index (χ4v) is 2.52. The lowest BCUT2D eigenvalue weighted by molar-refractivity contribution is -0.125. The number of nitrogens with zero attached hydrogens (tertiary/aromatic N) is 2. The van der Waals surface area contributed by atoms with E-state index in [1.807, 2.05) is 10.8 Å². The van der Waals surface area contributed by atoms with E-state index in [0.29, 0.717) is 19.0 Å². The van der Waals surface area contributed by atoms with E-state index in [0.717, 1.165) is 25.8 Å². The number of rotatable bonds is 5. The van der Waals surface area contributed by atoms with Crippen LogP contribution in [0, 0.1) is 11.8 Å². The molecule has 0 spiro atoms. The van der Waals surface area contributed by atoms with Crippen molar-refractivity contribution in [3.63, 3.8) is 0 Å². The molecule has 0 unspecified atom stereocenters. The topological polar surface area (TPSA) is 72.9 Å². The minimum absolute atomic E-state index is 0.128. The standard InChI is InChI=1S/C12H20N4O/c13-8-10-2-1-3-11(10)12(17)15-5-7-16-6-4-14-9-16/h4,6,9-11H,1-3,5,7-8,13H2,(H,15,17)/t10-,11-/m1/s1. The summed E-state index contributed by atoms with van der Waals surface area (Å²) in [6.45, 7) is 2.05. The summed E-state index contributed by atoms with van der Waals surface area (Å²) in [5.74, 6) is 0.670. The third kappa shape index (κ3) is 3.06. The molecule has 1 aliphatic carbocycles. The Kier molecular flexibility index (Phi) is 4.14. The summed E-state index contributed by atoms with van der Waals surface area (Å²) in [6.07, 6.45) is 8.59. The number of carbonyl (C=O) groups is 1. The third-order valence-electron chi connectivity index (χ3n) is 3.53. The molecule has 1 aromatic rings. The highest BCUT2D eigenvalue weighted by molar-refractivity contribution is 5.79. The first-order chi connectivity index (χ1) is 8.31. The number of aromatic nitrogens is 2. The molecule has 1 aliphatic rings. The molecule has 2 atom stereocenters. The van der Waals surface area contributed by atoms with Gasteiger partial charge in [0.25, 0.3) is 0 Å². The van der Waals surface area contributed by atoms with Gasteiger partial charge in [0, 0.05) is 31.4 Å². The van der Waals surface area contributed by atoms with Crippen molar-refractivity contribution in [3.05, 3.63) is 18.7 Å². The number of nitrogens with one attached hydrogen (secondary N) is 1. The normalized spacial score (nSPS) is 23.8. The summed E-state index contributed by atoms with van der Waals surface area (Å²) >= 11 is 0. The second-order valence-electron chi connectivity index (χ2n) is 4.62. The average molecular weight is 236 g/mol. The van der Waals surface area contributed by atoms with Crippen LogP contribution in [-0.2, 0) is 11.3 Å². The Hall–Kier alpha value is -1.36. The van der Waals surface area contributed by atoms with Crippen LogP contribution in [0.2, 0.25) is 0 Å². The molecule has 0 saturated heterocycles. The zero-order chi connectivity index (χ0) is 12.1. The molecule has 0 radical (unpaired) electrons. The van der Waals surface area contributed by atoms with Gasteiger partial charge >= 0.3 is 0 Å². The number of amides is 1. The largest absolute Gasteiger partial charge is 0.354 e. The van der Waals surface area contributed by atoms with Crippen LogP contribution in [0.5, 0.6) is 0 Å². The van der Waals surface area contributed by atoms with Crippen molar-refractivity contribution in [1.82, 2.24) is 14.9 Å². The van der Waals surface area contributed by atoms with E-state index < -0.39 is 0 Å². The molecule has 17 heavy (non-hydrogen) atoms. The van der Waals surface area contributed by atoms with Crippen LogP contribution in [0.1, 0.15) is 19.3 Å². The van der Waals surface area contributed by atoms with Gasteiger partial charge in [-0.25, -0.2) is 4.98 Å². The number of nitrogens with two attached hydrogens (primary N) is 1. The monoisotopic (exact) mass is 236 g/mol. The Morgan fingerprint density at radius 2 is 2.41 bits per heavy atom. The van der Waals surface area contributed by atoms with E-state index in [9.17, 15) is 4.79 Å². The summed E-state index contributed by atoms with van der Waals surface area (Å²) in [5, 5.41) is 2.98. The zero-order valence-electron chi connectivity index (χ0n) is 10.0. The van der Waals surface area contributed by atoms with Crippen LogP contribution in [0.4, 0.5) is 0 Å². The van der Waals surface area contributed by atoms with Crippen LogP contribution in [0.25, 0.3) is 0 Å². The van der Waals surface area contributed by atoms with Gasteiger partial charge < -0.3 is 15.6 Å². The zero-order valence-corrected chi connectivity index (χ0v) is 10.0. The van der Waals surface area contributed by atoms with Gasteiger partial charge in [-0.2, -0.15) is 0 Å². The van der Waals surface area contributed by atoms with Gasteiger partial charge in [0.2, 0.25) is 5.91 Å². The SMILES string of the molecule is NC[C@H]1CCC[C@H]1C(=O)NCCn1ccnc1. The van der Waals surface area contributed by atoms with Crippen LogP contribution >= 0.6 is 0 Å². The summed E-state index contributed by atoms with van der Waals surface area (Å²) in [5.41, 5.74) is 5.68. The first-order valence-electron chi connectivity index (χ1n) is 6.25. The summed E-state index contributed by atoms with van der Waals surface area (Å²) in [4.78, 5) is 15.9. The van der Waals surface area contributed by atoms with Gasteiger partial charge in [0.1, 0.15) is 0 Å². The molecule has 1 saturated carbocycles. The third-order valence-corrected chi connectivity index (χ3v) is 3.53. The van der Waals surface area contributed by atoms with Crippen molar-refractivity contribution < 1.29 is 4.79 Å². The van der Waals surface area contributed by atoms with E-state index in [1.165, 1.54) is 0 Å². The fourth-order valence-electron chi connectivity index (χ4n) is 2.52. The minimum atomic E-state index is 0.128. The van der Waals surface area contributed by atoms with Gasteiger partial charge in [-0.3, -0.25) is 4.79 Å². The van der Waals surface area contributed by atoms with E-state index in [-0.39, 0.29) is 11.8 Å². The Labute approximate surface area is 101 Å². The maximum absolute atomic E-state index is 12.0. The van der Waals surface area contributed by atoms with E-state index >= 15 is 0 Å². The number of carbonyl (C=O) groups excluding carboxylic acids is 1. The molecular weight excluding hydrogens is 216 g/mol. The lowest BCUT2D eigenvalue weighted by atomic mass is 9.95. The van der Waals surface area contributed by atoms with Crippen molar-refractivity contribution >= 4 is 5.91 Å². The van der Waals surface area contributed by atoms with Gasteiger partial charge in [-0.05, 0) is 25.3 Å². The predicted octanol–water partition coefficient (Wildman–Crippen LogP) is 0.374. The molecule has 1 heterocycles. The summed E-state index contributed by atoms with van der Waals surface area (Å²) in [6, 6.07) is 0. The van der Waals surface area contributed by atoms with Crippen LogP contribution < -0.4 is 11.1 Å². The Bertz CT molecular complexity index is 349. The molecule has 3 N–H and O–H groups in total. The highest BCUT2D eigenvalue weighted by Crippen LogP contribution is 2.30. The molecule has 5 nitrogen and oxygen atoms in total. The van der Waals surface area contributed by atoms with Gasteiger partial charge in [-0.15, -0.1) is 0 Å². The molecule has 1 amide bonds. The predicted molar refractivity (Wildman–Crippen MR) is 65.1 cm³/mol. The summed E-state index contributed by atoms with van der Waals surface area (Å²) in [7, 11) is 0. The van der Waals surface area contributed by atoms with Crippen molar-refractivity contribution in [2.24, 2.45) is 17.6 Å². The molecular formula is C12H20N4O. The lowest BCUT2D eigenvalue weighted by Gasteiger charge is -2.17. The van der Waals surface area contributed by atoms with Crippen molar-refractivity contribution in [2.45, 2.75) is 25.8 Å². The Balaban J connectivity index is 1.73. The lowest BCUT2D eigenvalue weighted by Crippen LogP contribution is -2.36. The minimum Gasteiger partial charge on any atom is -0.354 e. The van der Waals surface area contributed by atoms with Crippen molar-refractivity contribution in [3.8, 4) is 0 Å². The Morgan fingerprint density at radius 1 is 1.53 bits per heavy atom. The van der Waals surface area contributed by atoms with Crippen LogP contribution in [-0.4, -0.2) is 28.5 Å². The van der Waals surface area contributed by atoms with E-state index in [2.05, 4.69) is 10.3 Å². The number of hydrogen-bond donors (Lipinski definition) is 2. The first kappa shape index (κ1) is 12.1. The van der Waals surface area contributed by atoms with Crippen molar-refractivity contribution in [2.75, 3.05) is 13.1 Å². The maximum Gasteiger partial charge on any atom is 0.223 e. The molecule has 2 rings (SSSR count). The summed E-state index contributed by atoms with van der Waals surface area (Å²) < 4.78 is 1.95. The molecule has 0 bridgehead atoms. The second-order valence-corrected chi connectivity index (χ2v) is 4.62. The molecule has 1 fully saturated rings. The number of imidazole rings is 1. The van der Waals surface area contributed by atoms with Gasteiger partial charge in [0.15, 0.2) is 0 Å². The smallest absolute Gasteiger partial charge is 0.223 e. The molecule has 0 aromatic carbocycles. The Morgan fingerprint density at radius 3 is 3.12 bits per heavy atom. The van der Waals surface area contributed by atoms with E-state index in [4.69, 9.17) is 5.73 Å². The van der Waals surface area contributed by atoms with E-state index in [1.54, 1.807) is 12.5 Å². The average Bonchev–Trinajstić information content (AvgIpc) is 2.99.